The van der Waals surface area contributed by atoms with Crippen molar-refractivity contribution in [3.63, 3.8) is 0 Å². The molecule has 3 amide bonds. The number of hydrogen-bond acceptors (Lipinski definition) is 18. The third kappa shape index (κ3) is 12.8. The summed E-state index contributed by atoms with van der Waals surface area (Å²) in [5.74, 6) is -1.52. The molecule has 6 aliphatic rings. The predicted molar refractivity (Wildman–Crippen MR) is 336 cm³/mol. The minimum absolute atomic E-state index is 0.00199. The highest BCUT2D eigenvalue weighted by Crippen LogP contribution is 2.40. The van der Waals surface area contributed by atoms with Crippen molar-refractivity contribution in [2.24, 2.45) is 10.4 Å². The number of hydrazine groups is 1. The first-order valence-corrected chi connectivity index (χ1v) is 31.9. The summed E-state index contributed by atoms with van der Waals surface area (Å²) in [6, 6.07) is 14.6. The van der Waals surface area contributed by atoms with Crippen molar-refractivity contribution in [1.29, 1.82) is 0 Å². The smallest absolute Gasteiger partial charge is 0.319 e. The zero-order chi connectivity index (χ0) is 61.6. The van der Waals surface area contributed by atoms with E-state index in [1.165, 1.54) is 4.90 Å². The monoisotopic (exact) mass is 1220 g/mol. The number of nitrogens with zero attached hydrogens (tertiary/aromatic N) is 9. The summed E-state index contributed by atoms with van der Waals surface area (Å²) >= 11 is 1.57. The number of phenolic OH excluding ortho intramolecular Hbond substituents is 1. The second-order valence-corrected chi connectivity index (χ2v) is 26.7. The molecule has 88 heavy (non-hydrogen) atoms. The first kappa shape index (κ1) is 61.0. The summed E-state index contributed by atoms with van der Waals surface area (Å²) < 4.78 is 41.2. The van der Waals surface area contributed by atoms with Crippen molar-refractivity contribution >= 4 is 62.3 Å². The largest absolute Gasteiger partial charge is 0.508 e. The summed E-state index contributed by atoms with van der Waals surface area (Å²) in [5, 5.41) is 44.5. The molecule has 12 rings (SSSR count). The van der Waals surface area contributed by atoms with E-state index in [0.29, 0.717) is 75.3 Å². The Hall–Kier alpha value is -7.28. The fraction of sp³-hybridized carbons (Fsp3) is 0.508. The number of aryl methyl sites for hydroxylation is 2. The maximum absolute atomic E-state index is 17.5. The molecule has 6 aromatic rings. The number of carbonyl (C=O) groups is 3. The molecule has 20 nitrogen and oxygen atoms in total. The van der Waals surface area contributed by atoms with E-state index in [1.54, 1.807) is 42.1 Å². The number of amides is 3. The van der Waals surface area contributed by atoms with Crippen LogP contribution in [-0.2, 0) is 20.8 Å². The van der Waals surface area contributed by atoms with Crippen molar-refractivity contribution in [2.45, 2.75) is 147 Å². The number of carbonyl (C=O) groups excluding carboxylic acids is 3. The van der Waals surface area contributed by atoms with Gasteiger partial charge in [0.05, 0.1) is 46.8 Å². The number of likely N-dealkylation sites (tertiary alicyclic amines) is 1. The third-order valence-corrected chi connectivity index (χ3v) is 19.5. The number of aliphatic imine (C=N–C) groups is 1. The van der Waals surface area contributed by atoms with Crippen LogP contribution in [0, 0.1) is 18.2 Å². The van der Waals surface area contributed by atoms with E-state index in [0.717, 1.165) is 50.9 Å². The topological polar surface area (TPSA) is 238 Å². The number of aliphatic hydroxyl groups excluding tert-OH is 1. The zero-order valence-corrected chi connectivity index (χ0v) is 51.7. The minimum Gasteiger partial charge on any atom is -0.508 e. The number of phenols is 1. The van der Waals surface area contributed by atoms with Gasteiger partial charge in [0, 0.05) is 100 Å². The average molecular weight is 1220 g/mol. The third-order valence-electron chi connectivity index (χ3n) is 18.5. The molecular formula is C65H80F2N14O6S. The molecule has 5 unspecified atom stereocenters. The molecule has 0 saturated carbocycles. The van der Waals surface area contributed by atoms with Gasteiger partial charge in [0.2, 0.25) is 11.8 Å². The highest BCUT2D eigenvalue weighted by molar-refractivity contribution is 7.13. The molecule has 6 aliphatic heterocycles. The number of rotatable bonds is 17. The van der Waals surface area contributed by atoms with Crippen LogP contribution in [0.5, 0.6) is 11.8 Å². The maximum Gasteiger partial charge on any atom is 0.319 e. The van der Waals surface area contributed by atoms with E-state index >= 15 is 8.78 Å². The summed E-state index contributed by atoms with van der Waals surface area (Å²) in [7, 11) is 0. The van der Waals surface area contributed by atoms with Crippen LogP contribution in [-0.4, -0.2) is 175 Å². The summed E-state index contributed by atoms with van der Waals surface area (Å²) in [6.45, 7) is 15.1. The molecule has 23 heteroatoms. The predicted octanol–water partition coefficient (Wildman–Crippen LogP) is 7.03. The summed E-state index contributed by atoms with van der Waals surface area (Å²) in [4.78, 5) is 70.8. The van der Waals surface area contributed by atoms with Gasteiger partial charge >= 0.3 is 6.01 Å². The zero-order valence-electron chi connectivity index (χ0n) is 50.9. The van der Waals surface area contributed by atoms with Crippen LogP contribution in [0.1, 0.15) is 102 Å². The Morgan fingerprint density at radius 3 is 2.56 bits per heavy atom. The number of β-amino-alcohol motifs (C(OH)–C–C–N with tert-alkyl or cyclic N) is 1. The van der Waals surface area contributed by atoms with Gasteiger partial charge in [0.1, 0.15) is 46.2 Å². The number of ether oxygens (including phenoxy) is 1. The van der Waals surface area contributed by atoms with Gasteiger partial charge in [0.15, 0.2) is 5.82 Å². The van der Waals surface area contributed by atoms with Gasteiger partial charge in [-0.05, 0) is 104 Å². The van der Waals surface area contributed by atoms with Crippen LogP contribution in [0.3, 0.4) is 0 Å². The highest BCUT2D eigenvalue weighted by Gasteiger charge is 2.46. The van der Waals surface area contributed by atoms with Crippen LogP contribution in [0.4, 0.5) is 14.6 Å². The number of nitrogens with one attached hydrogen (secondary N) is 5. The lowest BCUT2D eigenvalue weighted by atomic mass is 9.83. The van der Waals surface area contributed by atoms with Gasteiger partial charge in [-0.15, -0.1) is 11.3 Å². The lowest BCUT2D eigenvalue weighted by Gasteiger charge is -2.46. The molecule has 466 valence electrons. The van der Waals surface area contributed by atoms with E-state index in [1.807, 2.05) is 94.5 Å². The first-order chi connectivity index (χ1) is 42.3. The highest BCUT2D eigenvalue weighted by atomic mass is 32.1. The Morgan fingerprint density at radius 1 is 1.01 bits per heavy atom. The van der Waals surface area contributed by atoms with Gasteiger partial charge in [-0.1, -0.05) is 70.2 Å². The van der Waals surface area contributed by atoms with Crippen molar-refractivity contribution in [2.75, 3.05) is 63.9 Å². The van der Waals surface area contributed by atoms with E-state index in [4.69, 9.17) is 19.7 Å². The molecule has 5 saturated heterocycles. The second kappa shape index (κ2) is 25.3. The van der Waals surface area contributed by atoms with Crippen molar-refractivity contribution in [1.82, 2.24) is 61.4 Å². The van der Waals surface area contributed by atoms with E-state index < -0.39 is 58.9 Å². The number of thiazole rings is 1. The fourth-order valence-electron chi connectivity index (χ4n) is 13.9. The van der Waals surface area contributed by atoms with E-state index in [-0.39, 0.29) is 91.8 Å². The van der Waals surface area contributed by atoms with Crippen LogP contribution in [0.2, 0.25) is 0 Å². The fourth-order valence-corrected chi connectivity index (χ4v) is 14.7. The number of aliphatic hydroxyl groups is 1. The molecule has 9 heterocycles. The van der Waals surface area contributed by atoms with Gasteiger partial charge in [-0.2, -0.15) is 9.97 Å². The first-order valence-electron chi connectivity index (χ1n) is 31.0. The Bertz CT molecular complexity index is 3650. The number of piperazine rings is 2. The number of alkyl halides is 1. The van der Waals surface area contributed by atoms with E-state index in [9.17, 15) is 24.6 Å². The maximum atomic E-state index is 17.5. The van der Waals surface area contributed by atoms with Crippen LogP contribution >= 0.6 is 11.3 Å². The average Bonchev–Trinajstić information content (AvgIpc) is 2.87. The van der Waals surface area contributed by atoms with Crippen molar-refractivity contribution in [3.05, 3.63) is 101 Å². The van der Waals surface area contributed by atoms with Gasteiger partial charge < -0.3 is 56.3 Å². The number of aromatic nitrogens is 4. The number of halogens is 2. The SMILES string of the molecule is CCc1cccc2cc(O)cc(-c3ncc4c(N5CC6CCC(C5)N6)nc(OCCC5CC(F)(CC6CNCCN6N6C=CN=C(C(=O)N[C@H](C(=O)N7C[C@H](O)C[C@H]7C(=O)N[C@@H](C)c7ccc(-c8scnc8C)cc7)C(C)(C)C)C6)CCN5)nc4c3F)c12. The van der Waals surface area contributed by atoms with E-state index in [2.05, 4.69) is 46.5 Å². The Morgan fingerprint density at radius 2 is 1.81 bits per heavy atom. The van der Waals surface area contributed by atoms with Gasteiger partial charge in [-0.25, -0.2) is 18.8 Å². The molecule has 0 aliphatic carbocycles. The Labute approximate surface area is 515 Å². The number of pyridine rings is 1. The van der Waals surface area contributed by atoms with Crippen molar-refractivity contribution < 1.29 is 38.1 Å². The number of benzene rings is 3. The molecule has 3 aromatic carbocycles. The number of anilines is 1. The van der Waals surface area contributed by atoms with Crippen LogP contribution < -0.4 is 36.2 Å². The molecule has 2 bridgehead atoms. The number of piperidine rings is 1. The van der Waals surface area contributed by atoms with Crippen LogP contribution in [0.25, 0.3) is 43.4 Å². The Balaban J connectivity index is 0.687. The number of hydrogen-bond donors (Lipinski definition) is 7. The summed E-state index contributed by atoms with van der Waals surface area (Å²) in [6.07, 6.45) is 8.01. The quantitative estimate of drug-likeness (QED) is 0.0485. The molecule has 9 atom stereocenters. The van der Waals surface area contributed by atoms with Crippen LogP contribution in [0.15, 0.2) is 83.7 Å². The van der Waals surface area contributed by atoms with Gasteiger partial charge in [0.25, 0.3) is 5.91 Å². The molecule has 0 spiro atoms. The van der Waals surface area contributed by atoms with Crippen molar-refractivity contribution in [3.8, 4) is 33.5 Å². The number of fused-ring (bicyclic) bond motifs is 4. The molecular weight excluding hydrogens is 1140 g/mol. The minimum atomic E-state index is -1.55. The summed E-state index contributed by atoms with van der Waals surface area (Å²) in [5.41, 5.74) is 4.09. The molecule has 0 radical (unpaired) electrons. The Kier molecular flexibility index (Phi) is 17.5. The molecule has 7 N–H and O–H groups in total. The number of aromatic hydroxyl groups is 1. The molecule has 3 aromatic heterocycles. The normalized spacial score (nSPS) is 24.8. The molecule has 5 fully saturated rings. The second-order valence-electron chi connectivity index (χ2n) is 25.8. The standard InChI is InChI=1S/C65H80F2N14O6S/c1-7-39-9-8-10-42-25-47(82)26-49(53(39)42)55-54(66)56-50(31-71-55)59(78-32-44-15-16-45(33-78)74-44)77-63(75-56)87-24-17-43-28-65(67,18-19-69-43)29-46-30-68-20-23-81(46)79-22-21-70-51(35-79)60(84)76-58(64(4,5)6)62(86)80-34-48(83)27-52(80)61(85)73-37(2)40-11-13-41(14-12-40)57-38(3)72-36-88-57/h8-14,21-22,25-26,31,36-37,43-46,48,52,58,68-69,74,82-83H,7,15-20,23-24,27-30,32-35H2,1-6H3,(H,73,85)(H,76,84)/t37-,43?,44?,45?,46?,48+,52-,58+,65?/m0/s1. The lowest BCUT2D eigenvalue weighted by molar-refractivity contribution is -0.143. The van der Waals surface area contributed by atoms with Gasteiger partial charge in [-0.3, -0.25) is 24.4 Å². The lowest BCUT2D eigenvalue weighted by Crippen LogP contribution is -2.62.